The van der Waals surface area contributed by atoms with Crippen LogP contribution < -0.4 is 10.1 Å². The minimum absolute atomic E-state index is 0.0343. The molecular weight excluding hydrogens is 260 g/mol. The number of hydrogen-bond donors (Lipinski definition) is 1. The van der Waals surface area contributed by atoms with E-state index in [0.717, 1.165) is 38.1 Å². The van der Waals surface area contributed by atoms with Crippen LogP contribution in [0.15, 0.2) is 18.2 Å². The van der Waals surface area contributed by atoms with Crippen LogP contribution in [0.1, 0.15) is 49.8 Å². The van der Waals surface area contributed by atoms with E-state index in [9.17, 15) is 0 Å². The van der Waals surface area contributed by atoms with Crippen molar-refractivity contribution >= 4 is 0 Å². The van der Waals surface area contributed by atoms with Gasteiger partial charge in [-0.2, -0.15) is 0 Å². The summed E-state index contributed by atoms with van der Waals surface area (Å²) in [5.41, 5.74) is 2.84. The fourth-order valence-electron chi connectivity index (χ4n) is 4.26. The fourth-order valence-corrected chi connectivity index (χ4v) is 4.26. The number of nitrogens with zero attached hydrogens (tertiary/aromatic N) is 1. The van der Waals surface area contributed by atoms with Gasteiger partial charge in [-0.05, 0) is 50.5 Å². The van der Waals surface area contributed by atoms with Crippen LogP contribution in [0, 0.1) is 0 Å². The van der Waals surface area contributed by atoms with Gasteiger partial charge in [0.05, 0.1) is 0 Å². The number of ether oxygens (including phenoxy) is 1. The molecule has 1 spiro atoms. The summed E-state index contributed by atoms with van der Waals surface area (Å²) in [5.74, 6) is 1.15. The van der Waals surface area contributed by atoms with Crippen molar-refractivity contribution in [1.29, 1.82) is 0 Å². The predicted molar refractivity (Wildman–Crippen MR) is 84.8 cm³/mol. The second-order valence-corrected chi connectivity index (χ2v) is 6.90. The molecule has 1 aromatic rings. The lowest BCUT2D eigenvalue weighted by molar-refractivity contribution is 0.0227. The van der Waals surface area contributed by atoms with E-state index in [0.29, 0.717) is 6.04 Å². The quantitative estimate of drug-likeness (QED) is 0.905. The SMILES string of the molecule is CCc1ccc2c(c1)OC1(CCNC1)CC2N1CCCC1. The van der Waals surface area contributed by atoms with Crippen molar-refractivity contribution < 1.29 is 4.74 Å². The van der Waals surface area contributed by atoms with Crippen LogP contribution >= 0.6 is 0 Å². The maximum Gasteiger partial charge on any atom is 0.125 e. The molecule has 0 saturated carbocycles. The van der Waals surface area contributed by atoms with E-state index < -0.39 is 0 Å². The third-order valence-electron chi connectivity index (χ3n) is 5.52. The van der Waals surface area contributed by atoms with Crippen LogP contribution in [-0.4, -0.2) is 36.7 Å². The van der Waals surface area contributed by atoms with Gasteiger partial charge in [0, 0.05) is 31.0 Å². The largest absolute Gasteiger partial charge is 0.485 e. The zero-order chi connectivity index (χ0) is 14.3. The number of rotatable bonds is 2. The number of benzene rings is 1. The maximum absolute atomic E-state index is 6.52. The summed E-state index contributed by atoms with van der Waals surface area (Å²) in [6.45, 7) is 6.82. The van der Waals surface area contributed by atoms with Crippen molar-refractivity contribution in [3.8, 4) is 5.75 Å². The first-order valence-corrected chi connectivity index (χ1v) is 8.56. The van der Waals surface area contributed by atoms with Gasteiger partial charge in [0.25, 0.3) is 0 Å². The first-order valence-electron chi connectivity index (χ1n) is 8.56. The highest BCUT2D eigenvalue weighted by Gasteiger charge is 2.45. The summed E-state index contributed by atoms with van der Waals surface area (Å²) in [4.78, 5) is 2.69. The Morgan fingerprint density at radius 2 is 2.19 bits per heavy atom. The Hall–Kier alpha value is -1.06. The molecule has 3 heterocycles. The lowest BCUT2D eigenvalue weighted by atomic mass is 9.85. The van der Waals surface area contributed by atoms with Gasteiger partial charge in [0.15, 0.2) is 0 Å². The molecule has 0 radical (unpaired) electrons. The number of aryl methyl sites for hydroxylation is 1. The topological polar surface area (TPSA) is 24.5 Å². The molecule has 3 aliphatic rings. The Kier molecular flexibility index (Phi) is 3.43. The normalized spacial score (nSPS) is 32.3. The van der Waals surface area contributed by atoms with E-state index in [1.165, 1.54) is 37.1 Å². The molecule has 0 bridgehead atoms. The Bertz CT molecular complexity index is 516. The van der Waals surface area contributed by atoms with E-state index >= 15 is 0 Å². The number of likely N-dealkylation sites (tertiary alicyclic amines) is 1. The molecule has 2 unspecified atom stereocenters. The van der Waals surface area contributed by atoms with Crippen molar-refractivity contribution in [2.45, 2.75) is 50.7 Å². The third kappa shape index (κ3) is 2.36. The fraction of sp³-hybridized carbons (Fsp3) is 0.667. The first kappa shape index (κ1) is 13.6. The minimum Gasteiger partial charge on any atom is -0.485 e. The number of fused-ring (bicyclic) bond motifs is 1. The zero-order valence-electron chi connectivity index (χ0n) is 13.0. The summed E-state index contributed by atoms with van der Waals surface area (Å²) in [6, 6.07) is 7.46. The van der Waals surface area contributed by atoms with Crippen molar-refractivity contribution in [3.63, 3.8) is 0 Å². The summed E-state index contributed by atoms with van der Waals surface area (Å²) < 4.78 is 6.52. The van der Waals surface area contributed by atoms with Crippen LogP contribution in [0.5, 0.6) is 5.75 Å². The molecule has 3 heteroatoms. The van der Waals surface area contributed by atoms with E-state index in [4.69, 9.17) is 4.74 Å². The van der Waals surface area contributed by atoms with Crippen LogP contribution in [0.2, 0.25) is 0 Å². The van der Waals surface area contributed by atoms with E-state index in [-0.39, 0.29) is 5.60 Å². The Morgan fingerprint density at radius 3 is 2.90 bits per heavy atom. The number of nitrogens with one attached hydrogen (secondary N) is 1. The predicted octanol–water partition coefficient (Wildman–Crippen LogP) is 2.90. The lowest BCUT2D eigenvalue weighted by Gasteiger charge is -2.43. The highest BCUT2D eigenvalue weighted by atomic mass is 16.5. The third-order valence-corrected chi connectivity index (χ3v) is 5.52. The molecule has 1 aromatic carbocycles. The average molecular weight is 286 g/mol. The van der Waals surface area contributed by atoms with Gasteiger partial charge in [-0.15, -0.1) is 0 Å². The smallest absolute Gasteiger partial charge is 0.125 e. The lowest BCUT2D eigenvalue weighted by Crippen LogP contribution is -2.46. The van der Waals surface area contributed by atoms with Gasteiger partial charge in [-0.1, -0.05) is 19.1 Å². The van der Waals surface area contributed by atoms with Gasteiger partial charge in [0.1, 0.15) is 11.4 Å². The summed E-state index contributed by atoms with van der Waals surface area (Å²) >= 11 is 0. The van der Waals surface area contributed by atoms with Gasteiger partial charge >= 0.3 is 0 Å². The molecule has 3 nitrogen and oxygen atoms in total. The zero-order valence-corrected chi connectivity index (χ0v) is 13.0. The molecule has 0 aromatic heterocycles. The van der Waals surface area contributed by atoms with Crippen LogP contribution in [0.25, 0.3) is 0 Å². The standard InChI is InChI=1S/C18H26N2O/c1-2-14-5-6-15-16(20-9-3-4-10-20)12-18(7-8-19-13-18)21-17(15)11-14/h5-6,11,16,19H,2-4,7-10,12-13H2,1H3. The molecule has 2 atom stereocenters. The Labute approximate surface area is 127 Å². The molecule has 4 rings (SSSR count). The highest BCUT2D eigenvalue weighted by molar-refractivity contribution is 5.42. The van der Waals surface area contributed by atoms with Gasteiger partial charge in [-0.3, -0.25) is 4.90 Å². The first-order chi connectivity index (χ1) is 10.3. The van der Waals surface area contributed by atoms with Crippen molar-refractivity contribution in [2.24, 2.45) is 0 Å². The van der Waals surface area contributed by atoms with E-state index in [2.05, 4.69) is 35.3 Å². The second-order valence-electron chi connectivity index (χ2n) is 6.90. The van der Waals surface area contributed by atoms with E-state index in [1.807, 2.05) is 0 Å². The molecular formula is C18H26N2O. The van der Waals surface area contributed by atoms with Crippen molar-refractivity contribution in [3.05, 3.63) is 29.3 Å². The summed E-state index contributed by atoms with van der Waals surface area (Å²) in [5, 5.41) is 3.51. The monoisotopic (exact) mass is 286 g/mol. The Balaban J connectivity index is 1.72. The molecule has 2 fully saturated rings. The van der Waals surface area contributed by atoms with Crippen LogP contribution in [-0.2, 0) is 6.42 Å². The summed E-state index contributed by atoms with van der Waals surface area (Å²) in [7, 11) is 0. The summed E-state index contributed by atoms with van der Waals surface area (Å²) in [6.07, 6.45) is 6.08. The van der Waals surface area contributed by atoms with Crippen LogP contribution in [0.4, 0.5) is 0 Å². The van der Waals surface area contributed by atoms with Crippen LogP contribution in [0.3, 0.4) is 0 Å². The van der Waals surface area contributed by atoms with Gasteiger partial charge in [-0.25, -0.2) is 0 Å². The highest BCUT2D eigenvalue weighted by Crippen LogP contribution is 2.46. The molecule has 1 N–H and O–H groups in total. The maximum atomic E-state index is 6.52. The minimum atomic E-state index is 0.0343. The van der Waals surface area contributed by atoms with E-state index in [1.54, 1.807) is 0 Å². The molecule has 21 heavy (non-hydrogen) atoms. The molecule has 0 aliphatic carbocycles. The number of hydrogen-bond acceptors (Lipinski definition) is 3. The molecule has 0 amide bonds. The van der Waals surface area contributed by atoms with Crippen molar-refractivity contribution in [1.82, 2.24) is 10.2 Å². The van der Waals surface area contributed by atoms with Crippen molar-refractivity contribution in [2.75, 3.05) is 26.2 Å². The molecule has 2 saturated heterocycles. The molecule has 114 valence electrons. The Morgan fingerprint density at radius 1 is 1.33 bits per heavy atom. The van der Waals surface area contributed by atoms with Gasteiger partial charge in [0.2, 0.25) is 0 Å². The molecule has 3 aliphatic heterocycles. The average Bonchev–Trinajstić information content (AvgIpc) is 3.18. The van der Waals surface area contributed by atoms with Gasteiger partial charge < -0.3 is 10.1 Å². The second kappa shape index (κ2) is 5.29.